The molecule has 0 saturated heterocycles. The molecule has 1 aromatic carbocycles. The molecule has 9 heteroatoms. The molecule has 0 radical (unpaired) electrons. The fraction of sp³-hybridized carbons (Fsp3) is 0. The van der Waals surface area contributed by atoms with Gasteiger partial charge in [0.05, 0.1) is 18.4 Å². The molecule has 8 nitrogen and oxygen atoms in total. The topological polar surface area (TPSA) is 97.6 Å². The lowest BCUT2D eigenvalue weighted by atomic mass is 10.2. The van der Waals surface area contributed by atoms with Crippen molar-refractivity contribution in [3.63, 3.8) is 0 Å². The summed E-state index contributed by atoms with van der Waals surface area (Å²) in [5.41, 5.74) is 0.600. The first-order valence-corrected chi connectivity index (χ1v) is 7.19. The molecule has 0 saturated carbocycles. The zero-order valence-electron chi connectivity index (χ0n) is 15.0. The van der Waals surface area contributed by atoms with Gasteiger partial charge in [-0.3, -0.25) is 4.79 Å². The standard InChI is InChI=1S/C15H10ClN7O/c16-9-4-5-12-10(7-9)18-11(15-20-21-22-23(12)15)8-14(24)19-13-3-1-2-6-17-13/h1-8,18H,(H,17,19,24)/b11-8-/i8D/hD2. The normalized spacial score (nSPS) is 16.4. The monoisotopic (exact) mass is 342 g/mol. The number of tetrazole rings is 1. The average Bonchev–Trinajstić information content (AvgIpc) is 3.17. The highest BCUT2D eigenvalue weighted by molar-refractivity contribution is 6.31. The number of aromatic nitrogens is 5. The van der Waals surface area contributed by atoms with Crippen LogP contribution < -0.4 is 10.6 Å². The molecule has 0 aliphatic carbocycles. The minimum absolute atomic E-state index is 0.0348. The van der Waals surface area contributed by atoms with E-state index in [1.807, 2.05) is 0 Å². The number of hydrogen-bond acceptors (Lipinski definition) is 6. The molecule has 0 bridgehead atoms. The van der Waals surface area contributed by atoms with Gasteiger partial charge in [0, 0.05) is 17.3 Å². The van der Waals surface area contributed by atoms with Crippen molar-refractivity contribution in [1.82, 2.24) is 25.2 Å². The van der Waals surface area contributed by atoms with Crippen LogP contribution in [0.5, 0.6) is 0 Å². The van der Waals surface area contributed by atoms with Crippen LogP contribution in [0.15, 0.2) is 48.6 Å². The maximum Gasteiger partial charge on any atom is 0.251 e. The molecule has 0 spiro atoms. The van der Waals surface area contributed by atoms with Crippen LogP contribution in [-0.2, 0) is 4.79 Å². The van der Waals surface area contributed by atoms with E-state index in [2.05, 4.69) is 20.5 Å². The van der Waals surface area contributed by atoms with Gasteiger partial charge >= 0.3 is 0 Å². The number of rotatable bonds is 2. The van der Waals surface area contributed by atoms with Crippen LogP contribution in [0.25, 0.3) is 11.4 Å². The van der Waals surface area contributed by atoms with Crippen LogP contribution in [0.1, 0.15) is 7.20 Å². The molecule has 1 amide bonds. The molecule has 0 fully saturated rings. The van der Waals surface area contributed by atoms with Gasteiger partial charge in [-0.2, -0.15) is 4.68 Å². The SMILES string of the molecule is [2H]/C(C(=O)N([2H])c1ccccn1)=C1\c2nnnn2-c2ccc(Cl)cc2N1[2H]. The van der Waals surface area contributed by atoms with Crippen molar-refractivity contribution in [2.24, 2.45) is 0 Å². The molecule has 3 heterocycles. The van der Waals surface area contributed by atoms with Crippen molar-refractivity contribution >= 4 is 34.7 Å². The number of hydrogen-bond donors (Lipinski definition) is 2. The maximum absolute atomic E-state index is 12.6. The predicted octanol–water partition coefficient (Wildman–Crippen LogP) is 2.12. The molecular formula is C15H10ClN7O. The van der Waals surface area contributed by atoms with Crippen molar-refractivity contribution in [3.05, 3.63) is 59.5 Å². The van der Waals surface area contributed by atoms with Crippen LogP contribution in [0.3, 0.4) is 0 Å². The number of amides is 1. The number of anilines is 2. The Labute approximate surface area is 145 Å². The van der Waals surface area contributed by atoms with Gasteiger partial charge in [0.1, 0.15) is 5.82 Å². The zero-order chi connectivity index (χ0) is 19.1. The third kappa shape index (κ3) is 2.59. The van der Waals surface area contributed by atoms with Gasteiger partial charge in [0.25, 0.3) is 5.91 Å². The Kier molecular flexibility index (Phi) is 2.71. The van der Waals surface area contributed by atoms with E-state index in [0.29, 0.717) is 21.7 Å². The molecule has 3 aromatic rings. The van der Waals surface area contributed by atoms with E-state index in [1.54, 1.807) is 24.3 Å². The summed E-state index contributed by atoms with van der Waals surface area (Å²) in [6.45, 7) is 0. The van der Waals surface area contributed by atoms with Gasteiger partial charge in [-0.25, -0.2) is 4.98 Å². The first kappa shape index (κ1) is 11.3. The molecule has 1 aliphatic heterocycles. The zero-order valence-corrected chi connectivity index (χ0v) is 12.7. The summed E-state index contributed by atoms with van der Waals surface area (Å²) in [6, 6.07) is 8.84. The lowest BCUT2D eigenvalue weighted by molar-refractivity contribution is -0.111. The molecule has 0 unspecified atom stereocenters. The van der Waals surface area contributed by atoms with Gasteiger partial charge in [-0.1, -0.05) is 17.7 Å². The summed E-state index contributed by atoms with van der Waals surface area (Å²) < 4.78 is 25.9. The average molecular weight is 343 g/mol. The fourth-order valence-electron chi connectivity index (χ4n) is 2.17. The molecule has 2 N–H and O–H groups in total. The van der Waals surface area contributed by atoms with E-state index in [-0.39, 0.29) is 17.3 Å². The van der Waals surface area contributed by atoms with Crippen molar-refractivity contribution in [3.8, 4) is 5.69 Å². The van der Waals surface area contributed by atoms with Gasteiger partial charge in [-0.15, -0.1) is 5.10 Å². The third-order valence-corrected chi connectivity index (χ3v) is 3.41. The Morgan fingerprint density at radius 3 is 3.21 bits per heavy atom. The second-order valence-corrected chi connectivity index (χ2v) is 5.17. The van der Waals surface area contributed by atoms with Crippen LogP contribution in [0, 0.1) is 0 Å². The first-order valence-electron chi connectivity index (χ1n) is 8.21. The van der Waals surface area contributed by atoms with Crippen LogP contribution in [0.4, 0.5) is 11.5 Å². The lowest BCUT2D eigenvalue weighted by Crippen LogP contribution is -2.18. The molecule has 118 valence electrons. The molecular weight excluding hydrogens is 330 g/mol. The minimum atomic E-state index is -0.985. The smallest absolute Gasteiger partial charge is 0.251 e. The number of carbonyl (C=O) groups is 1. The van der Waals surface area contributed by atoms with Crippen LogP contribution >= 0.6 is 11.6 Å². The Bertz CT molecular complexity index is 1070. The summed E-state index contributed by atoms with van der Waals surface area (Å²) in [7, 11) is 0. The molecule has 2 aromatic heterocycles. The maximum atomic E-state index is 12.6. The molecule has 4 rings (SSSR count). The third-order valence-electron chi connectivity index (χ3n) is 3.17. The summed E-state index contributed by atoms with van der Waals surface area (Å²) in [5, 5.41) is 13.0. The van der Waals surface area contributed by atoms with E-state index < -0.39 is 12.0 Å². The molecule has 1 aliphatic rings. The van der Waals surface area contributed by atoms with Crippen molar-refractivity contribution in [2.45, 2.75) is 0 Å². The van der Waals surface area contributed by atoms with E-state index in [1.165, 1.54) is 23.0 Å². The number of nitrogens with one attached hydrogen (secondary N) is 2. The highest BCUT2D eigenvalue weighted by atomic mass is 35.5. The molecule has 24 heavy (non-hydrogen) atoms. The van der Waals surface area contributed by atoms with Gasteiger partial charge in [0.2, 0.25) is 5.82 Å². The van der Waals surface area contributed by atoms with E-state index >= 15 is 0 Å². The highest BCUT2D eigenvalue weighted by Crippen LogP contribution is 2.32. The van der Waals surface area contributed by atoms with Crippen molar-refractivity contribution in [2.75, 3.05) is 10.6 Å². The number of pyridine rings is 1. The molecule has 0 atom stereocenters. The Hall–Kier alpha value is -3.26. The van der Waals surface area contributed by atoms with Gasteiger partial charge in [0.15, 0.2) is 2.82 Å². The van der Waals surface area contributed by atoms with E-state index in [4.69, 9.17) is 15.8 Å². The second kappa shape index (κ2) is 5.74. The summed E-state index contributed by atoms with van der Waals surface area (Å²) in [6.07, 6.45) is 1.43. The number of benzene rings is 1. The predicted molar refractivity (Wildman–Crippen MR) is 88.6 cm³/mol. The first-order chi connectivity index (χ1) is 13.0. The van der Waals surface area contributed by atoms with Crippen LogP contribution in [-0.4, -0.2) is 31.1 Å². The quantitative estimate of drug-likeness (QED) is 0.692. The largest absolute Gasteiger partial charge is 0.350 e. The Morgan fingerprint density at radius 1 is 1.46 bits per heavy atom. The number of carbonyl (C=O) groups excluding carboxylic acids is 1. The second-order valence-electron chi connectivity index (χ2n) is 4.74. The van der Waals surface area contributed by atoms with Crippen LogP contribution in [0.2, 0.25) is 7.85 Å². The summed E-state index contributed by atoms with van der Waals surface area (Å²) >= 11 is 6.02. The summed E-state index contributed by atoms with van der Waals surface area (Å²) in [5.74, 6) is -0.906. The highest BCUT2D eigenvalue weighted by Gasteiger charge is 2.23. The van der Waals surface area contributed by atoms with Crippen molar-refractivity contribution in [1.29, 1.82) is 0 Å². The number of nitrogens with zero attached hydrogens (tertiary/aromatic N) is 5. The van der Waals surface area contributed by atoms with E-state index in [0.717, 1.165) is 5.31 Å². The number of halogens is 1. The van der Waals surface area contributed by atoms with Crippen molar-refractivity contribution < 1.29 is 8.99 Å². The van der Waals surface area contributed by atoms with E-state index in [9.17, 15) is 4.79 Å². The van der Waals surface area contributed by atoms with Gasteiger partial charge in [-0.05, 0) is 40.8 Å². The van der Waals surface area contributed by atoms with Gasteiger partial charge < -0.3 is 10.6 Å². The fourth-order valence-corrected chi connectivity index (χ4v) is 2.34. The summed E-state index contributed by atoms with van der Waals surface area (Å²) in [4.78, 5) is 16.6. The minimum Gasteiger partial charge on any atom is -0.350 e. The Balaban J connectivity index is 1.84. The number of fused-ring (bicyclic) bond motifs is 3. The lowest BCUT2D eigenvalue weighted by Gasteiger charge is -2.20. The Morgan fingerprint density at radius 2 is 2.38 bits per heavy atom.